The lowest BCUT2D eigenvalue weighted by Crippen LogP contribution is -2.33. The van der Waals surface area contributed by atoms with Gasteiger partial charge in [0.1, 0.15) is 11.8 Å². The van der Waals surface area contributed by atoms with Gasteiger partial charge in [0.25, 0.3) is 5.56 Å². The Kier molecular flexibility index (Phi) is 6.87. The molecular weight excluding hydrogens is 433 g/mol. The number of rotatable bonds is 6. The second-order valence-electron chi connectivity index (χ2n) is 6.46. The summed E-state index contributed by atoms with van der Waals surface area (Å²) in [6.07, 6.45) is 1.39. The van der Waals surface area contributed by atoms with Crippen molar-refractivity contribution in [3.63, 3.8) is 0 Å². The summed E-state index contributed by atoms with van der Waals surface area (Å²) in [7, 11) is 0. The van der Waals surface area contributed by atoms with Gasteiger partial charge in [-0.2, -0.15) is 9.94 Å². The molecule has 9 nitrogen and oxygen atoms in total. The number of benzene rings is 1. The number of nitrogens with two attached hydrogens (primary N) is 1. The minimum Gasteiger partial charge on any atom is -0.455 e. The molecule has 0 aliphatic heterocycles. The molecule has 0 unspecified atom stereocenters. The Hall–Kier alpha value is -3.35. The van der Waals surface area contributed by atoms with Crippen LogP contribution in [0.5, 0.6) is 5.75 Å². The highest BCUT2D eigenvalue weighted by molar-refractivity contribution is 6.38. The van der Waals surface area contributed by atoms with Crippen LogP contribution in [0.2, 0.25) is 10.0 Å². The molecule has 30 heavy (non-hydrogen) atoms. The molecule has 11 heteroatoms. The molecule has 1 aromatic carbocycles. The lowest BCUT2D eigenvalue weighted by molar-refractivity contribution is -0.115. The predicted molar refractivity (Wildman–Crippen MR) is 112 cm³/mol. The first kappa shape index (κ1) is 22.9. The fourth-order valence-electron chi connectivity index (χ4n) is 2.49. The molecule has 0 radical (unpaired) electrons. The quantitative estimate of drug-likeness (QED) is 0.393. The Morgan fingerprint density at radius 3 is 2.60 bits per heavy atom. The Morgan fingerprint density at radius 2 is 2.07 bits per heavy atom. The van der Waals surface area contributed by atoms with E-state index in [2.05, 4.69) is 11.7 Å². The van der Waals surface area contributed by atoms with E-state index in [-0.39, 0.29) is 33.2 Å². The predicted octanol–water partition coefficient (Wildman–Crippen LogP) is 2.37. The second-order valence-corrected chi connectivity index (χ2v) is 7.25. The molecule has 1 heterocycles. The molecule has 0 saturated carbocycles. The number of hydrogen-bond donors (Lipinski definition) is 2. The van der Waals surface area contributed by atoms with Crippen molar-refractivity contribution in [2.75, 3.05) is 0 Å². The van der Waals surface area contributed by atoms with Crippen molar-refractivity contribution in [3.8, 4) is 17.5 Å². The molecule has 0 fully saturated rings. The third kappa shape index (κ3) is 4.62. The highest BCUT2D eigenvalue weighted by Gasteiger charge is 2.19. The van der Waals surface area contributed by atoms with Crippen molar-refractivity contribution in [2.24, 2.45) is 11.7 Å². The summed E-state index contributed by atoms with van der Waals surface area (Å²) in [6.45, 7) is 8.86. The van der Waals surface area contributed by atoms with Gasteiger partial charge < -0.3 is 10.5 Å². The van der Waals surface area contributed by atoms with Gasteiger partial charge in [-0.05, 0) is 30.5 Å². The molecule has 2 aromatic rings. The molecule has 0 atom stereocenters. The summed E-state index contributed by atoms with van der Waals surface area (Å²) in [4.78, 5) is 37.2. The Labute approximate surface area is 181 Å². The van der Waals surface area contributed by atoms with Crippen molar-refractivity contribution < 1.29 is 9.53 Å². The average Bonchev–Trinajstić information content (AvgIpc) is 2.66. The van der Waals surface area contributed by atoms with Crippen LogP contribution in [0.1, 0.15) is 25.1 Å². The van der Waals surface area contributed by atoms with Crippen LogP contribution < -0.4 is 21.7 Å². The average molecular weight is 450 g/mol. The van der Waals surface area contributed by atoms with E-state index in [1.165, 1.54) is 12.1 Å². The molecule has 2 rings (SSSR count). The van der Waals surface area contributed by atoms with Crippen LogP contribution in [0.3, 0.4) is 0 Å². The van der Waals surface area contributed by atoms with Crippen molar-refractivity contribution >= 4 is 29.1 Å². The first-order valence-electron chi connectivity index (χ1n) is 8.48. The van der Waals surface area contributed by atoms with Crippen LogP contribution >= 0.6 is 23.2 Å². The molecule has 0 spiro atoms. The van der Waals surface area contributed by atoms with E-state index < -0.39 is 22.9 Å². The molecule has 156 valence electrons. The van der Waals surface area contributed by atoms with Crippen LogP contribution in [-0.2, 0) is 4.79 Å². The third-order valence-electron chi connectivity index (χ3n) is 4.01. The number of H-pyrrole nitrogens is 1. The number of primary amides is 1. The number of allylic oxidation sites excluding steroid dienone is 1. The van der Waals surface area contributed by atoms with Crippen LogP contribution in [0.15, 0.2) is 39.6 Å². The SMILES string of the molecule is C=C(/C=C(\C(N)=O)C(C)C)Oc1c(Cl)cc(-n2nc(C#N)c(=O)[nH]c2=O)c(C)c1Cl. The van der Waals surface area contributed by atoms with Crippen LogP contribution in [0.4, 0.5) is 0 Å². The number of nitriles is 1. The first-order valence-corrected chi connectivity index (χ1v) is 9.24. The van der Waals surface area contributed by atoms with Crippen molar-refractivity contribution in [2.45, 2.75) is 20.8 Å². The van der Waals surface area contributed by atoms with E-state index in [4.69, 9.17) is 38.9 Å². The zero-order chi connectivity index (χ0) is 22.7. The highest BCUT2D eigenvalue weighted by Crippen LogP contribution is 2.39. The maximum Gasteiger partial charge on any atom is 0.349 e. The van der Waals surface area contributed by atoms with Crippen molar-refractivity contribution in [1.29, 1.82) is 5.26 Å². The van der Waals surface area contributed by atoms with Crippen LogP contribution in [0, 0.1) is 24.2 Å². The lowest BCUT2D eigenvalue weighted by atomic mass is 10.0. The van der Waals surface area contributed by atoms with Crippen LogP contribution in [0.25, 0.3) is 5.69 Å². The van der Waals surface area contributed by atoms with Gasteiger partial charge in [-0.25, -0.2) is 4.79 Å². The summed E-state index contributed by atoms with van der Waals surface area (Å²) in [5, 5.41) is 12.8. The molecule has 0 bridgehead atoms. The molecule has 3 N–H and O–H groups in total. The Balaban J connectivity index is 2.56. The molecule has 1 aromatic heterocycles. The van der Waals surface area contributed by atoms with E-state index in [9.17, 15) is 14.4 Å². The largest absolute Gasteiger partial charge is 0.455 e. The fourth-order valence-corrected chi connectivity index (χ4v) is 3.01. The third-order valence-corrected chi connectivity index (χ3v) is 4.75. The smallest absolute Gasteiger partial charge is 0.349 e. The highest BCUT2D eigenvalue weighted by atomic mass is 35.5. The number of aromatic amines is 1. The number of aromatic nitrogens is 3. The summed E-state index contributed by atoms with van der Waals surface area (Å²) in [5.41, 5.74) is 3.83. The monoisotopic (exact) mass is 449 g/mol. The second kappa shape index (κ2) is 8.98. The zero-order valence-corrected chi connectivity index (χ0v) is 17.8. The Bertz CT molecular complexity index is 1240. The fraction of sp³-hybridized carbons (Fsp3) is 0.211. The molecule has 0 saturated heterocycles. The minimum absolute atomic E-state index is 0.00118. The number of amides is 1. The van der Waals surface area contributed by atoms with Gasteiger partial charge in [0.15, 0.2) is 5.75 Å². The van der Waals surface area contributed by atoms with E-state index >= 15 is 0 Å². The number of carbonyl (C=O) groups excluding carboxylic acids is 1. The standard InChI is InChI=1S/C19H17Cl2N5O4/c1-8(2)11(17(23)27)5-9(3)30-16-12(20)6-14(10(4)15(16)21)26-19(29)24-18(28)13(7-22)25-26/h5-6,8H,3H2,1-2,4H3,(H2,23,27)(H,24,28,29)/b11-5-. The van der Waals surface area contributed by atoms with E-state index in [0.29, 0.717) is 11.1 Å². The first-order chi connectivity index (χ1) is 14.0. The summed E-state index contributed by atoms with van der Waals surface area (Å²) >= 11 is 12.7. The number of nitrogens with one attached hydrogen (secondary N) is 1. The van der Waals surface area contributed by atoms with Crippen molar-refractivity contribution in [3.05, 3.63) is 72.2 Å². The van der Waals surface area contributed by atoms with Gasteiger partial charge in [0.05, 0.1) is 15.7 Å². The summed E-state index contributed by atoms with van der Waals surface area (Å²) < 4.78 is 6.41. The Morgan fingerprint density at radius 1 is 1.43 bits per heavy atom. The molecular formula is C19H17Cl2N5O4. The van der Waals surface area contributed by atoms with E-state index in [1.807, 2.05) is 4.98 Å². The van der Waals surface area contributed by atoms with Crippen molar-refractivity contribution in [1.82, 2.24) is 14.8 Å². The molecule has 1 amide bonds. The molecule has 0 aliphatic rings. The minimum atomic E-state index is -0.910. The van der Waals surface area contributed by atoms with Crippen LogP contribution in [-0.4, -0.2) is 20.7 Å². The number of nitrogens with zero attached hydrogens (tertiary/aromatic N) is 3. The van der Waals surface area contributed by atoms with Gasteiger partial charge in [-0.3, -0.25) is 14.6 Å². The number of halogens is 2. The number of carbonyl (C=O) groups is 1. The summed E-state index contributed by atoms with van der Waals surface area (Å²) in [6, 6.07) is 2.93. The maximum absolute atomic E-state index is 12.1. The van der Waals surface area contributed by atoms with E-state index in [1.54, 1.807) is 26.8 Å². The maximum atomic E-state index is 12.1. The zero-order valence-electron chi connectivity index (χ0n) is 16.2. The molecule has 0 aliphatic carbocycles. The summed E-state index contributed by atoms with van der Waals surface area (Å²) in [5.74, 6) is -0.674. The van der Waals surface area contributed by atoms with Gasteiger partial charge in [-0.15, -0.1) is 5.10 Å². The number of hydrogen-bond acceptors (Lipinski definition) is 6. The van der Waals surface area contributed by atoms with Gasteiger partial charge in [0, 0.05) is 5.57 Å². The van der Waals surface area contributed by atoms with Gasteiger partial charge >= 0.3 is 5.69 Å². The topological polar surface area (TPSA) is 144 Å². The van der Waals surface area contributed by atoms with E-state index in [0.717, 1.165) is 4.68 Å². The van der Waals surface area contributed by atoms with Gasteiger partial charge in [-0.1, -0.05) is 43.6 Å². The normalized spacial score (nSPS) is 11.3. The lowest BCUT2D eigenvalue weighted by Gasteiger charge is -2.16. The van der Waals surface area contributed by atoms with Gasteiger partial charge in [0.2, 0.25) is 11.6 Å². The number of ether oxygens (including phenoxy) is 1.